The van der Waals surface area contributed by atoms with Crippen molar-refractivity contribution in [1.29, 1.82) is 0 Å². The van der Waals surface area contributed by atoms with E-state index in [2.05, 4.69) is 20.9 Å². The lowest BCUT2D eigenvalue weighted by molar-refractivity contribution is -0.135. The van der Waals surface area contributed by atoms with Gasteiger partial charge in [0.25, 0.3) is 0 Å². The van der Waals surface area contributed by atoms with E-state index in [0.717, 1.165) is 61.4 Å². The van der Waals surface area contributed by atoms with Gasteiger partial charge < -0.3 is 36.4 Å². The van der Waals surface area contributed by atoms with Crippen LogP contribution in [0.25, 0.3) is 0 Å². The third-order valence-corrected chi connectivity index (χ3v) is 10.2. The number of rotatable bonds is 6. The molecule has 0 radical (unpaired) electrons. The van der Waals surface area contributed by atoms with E-state index in [-0.39, 0.29) is 24.0 Å². The molecule has 1 atom stereocenters. The largest absolute Gasteiger partial charge is 0.397 e. The summed E-state index contributed by atoms with van der Waals surface area (Å²) in [6.07, 6.45) is 3.94. The van der Waals surface area contributed by atoms with Crippen LogP contribution in [0.1, 0.15) is 42.4 Å². The van der Waals surface area contributed by atoms with Crippen molar-refractivity contribution < 1.29 is 14.4 Å². The third-order valence-electron chi connectivity index (χ3n) is 9.94. The molecule has 5 amide bonds. The Kier molecular flexibility index (Phi) is 9.67. The number of halogens is 1. The summed E-state index contributed by atoms with van der Waals surface area (Å²) in [6.45, 7) is 8.50. The van der Waals surface area contributed by atoms with Crippen LogP contribution in [0.15, 0.2) is 36.4 Å². The number of fused-ring (bicyclic) bond motifs is 1. The highest BCUT2D eigenvalue weighted by Crippen LogP contribution is 2.28. The number of benzene rings is 2. The quantitative estimate of drug-likeness (QED) is 0.361. The molecule has 2 aromatic rings. The molecule has 4 aliphatic rings. The van der Waals surface area contributed by atoms with Crippen molar-refractivity contribution in [3.63, 3.8) is 0 Å². The van der Waals surface area contributed by atoms with Crippen molar-refractivity contribution >= 4 is 40.9 Å². The number of anilines is 2. The molecule has 0 spiro atoms. The van der Waals surface area contributed by atoms with E-state index >= 15 is 0 Å². The van der Waals surface area contributed by atoms with Gasteiger partial charge in [0.15, 0.2) is 0 Å². The monoisotopic (exact) mass is 636 g/mol. The summed E-state index contributed by atoms with van der Waals surface area (Å²) in [5.41, 5.74) is 10.3. The molecule has 3 saturated heterocycles. The van der Waals surface area contributed by atoms with Crippen LogP contribution in [-0.2, 0) is 17.8 Å². The molecular formula is C33H45ClN8O3. The Labute approximate surface area is 270 Å². The minimum Gasteiger partial charge on any atom is -0.397 e. The number of piperidine rings is 2. The number of nitrogen functional groups attached to an aromatic ring is 1. The van der Waals surface area contributed by atoms with E-state index in [4.69, 9.17) is 17.3 Å². The molecule has 5 N–H and O–H groups in total. The van der Waals surface area contributed by atoms with Gasteiger partial charge in [0.1, 0.15) is 6.04 Å². The summed E-state index contributed by atoms with van der Waals surface area (Å²) in [7, 11) is 0. The molecular weight excluding hydrogens is 592 g/mol. The molecule has 6 rings (SSSR count). The number of amides is 5. The zero-order valence-corrected chi connectivity index (χ0v) is 26.8. The van der Waals surface area contributed by atoms with Crippen molar-refractivity contribution in [2.45, 2.75) is 63.7 Å². The van der Waals surface area contributed by atoms with E-state index in [1.165, 1.54) is 0 Å². The Balaban J connectivity index is 1.09. The molecule has 0 saturated carbocycles. The fraction of sp³-hybridized carbons (Fsp3) is 0.545. The van der Waals surface area contributed by atoms with Gasteiger partial charge >= 0.3 is 12.1 Å². The number of likely N-dealkylation sites (tertiary alicyclic amines) is 1. The van der Waals surface area contributed by atoms with Gasteiger partial charge in [0, 0.05) is 70.0 Å². The maximum absolute atomic E-state index is 14.0. The van der Waals surface area contributed by atoms with Gasteiger partial charge in [-0.1, -0.05) is 35.9 Å². The number of hydrogen-bond donors (Lipinski definition) is 4. The number of piperazine rings is 1. The summed E-state index contributed by atoms with van der Waals surface area (Å²) >= 11 is 6.41. The molecule has 45 heavy (non-hydrogen) atoms. The summed E-state index contributed by atoms with van der Waals surface area (Å²) in [5.74, 6) is -0.0718. The van der Waals surface area contributed by atoms with Crippen LogP contribution in [-0.4, -0.2) is 108 Å². The number of carbonyl (C=O) groups is 3. The summed E-state index contributed by atoms with van der Waals surface area (Å²) in [4.78, 5) is 48.5. The van der Waals surface area contributed by atoms with Gasteiger partial charge in [-0.3, -0.25) is 9.69 Å². The maximum atomic E-state index is 14.0. The van der Waals surface area contributed by atoms with E-state index < -0.39 is 6.04 Å². The first-order chi connectivity index (χ1) is 21.8. The topological polar surface area (TPSA) is 126 Å². The SMILES string of the molecule is Cc1cc(C[C@@H](NC(=O)N2CCC(N3Cc4ccccc4NC3=O)CC2)C(=O)N2CCN(C3CCNCC3)CC2)cc(Cl)c1N. The molecule has 12 heteroatoms. The molecule has 0 aliphatic carbocycles. The van der Waals surface area contributed by atoms with Crippen molar-refractivity contribution in [3.05, 3.63) is 58.1 Å². The number of nitrogens with one attached hydrogen (secondary N) is 3. The number of aryl methyl sites for hydroxylation is 1. The Morgan fingerprint density at radius 1 is 0.978 bits per heavy atom. The smallest absolute Gasteiger partial charge is 0.322 e. The normalized spacial score (nSPS) is 20.8. The molecule has 3 fully saturated rings. The fourth-order valence-corrected chi connectivity index (χ4v) is 7.51. The molecule has 242 valence electrons. The van der Waals surface area contributed by atoms with Crippen LogP contribution in [0.2, 0.25) is 5.02 Å². The molecule has 0 bridgehead atoms. The Hall–Kier alpha value is -3.54. The number of urea groups is 2. The minimum absolute atomic E-state index is 0.0379. The highest BCUT2D eigenvalue weighted by Gasteiger charge is 2.35. The Morgan fingerprint density at radius 2 is 1.69 bits per heavy atom. The highest BCUT2D eigenvalue weighted by molar-refractivity contribution is 6.33. The van der Waals surface area contributed by atoms with Crippen LogP contribution >= 0.6 is 11.6 Å². The number of hydrogen-bond acceptors (Lipinski definition) is 6. The predicted molar refractivity (Wildman–Crippen MR) is 176 cm³/mol. The zero-order chi connectivity index (χ0) is 31.5. The van der Waals surface area contributed by atoms with Crippen molar-refractivity contribution in [1.82, 2.24) is 30.2 Å². The second-order valence-corrected chi connectivity index (χ2v) is 13.2. The first-order valence-corrected chi connectivity index (χ1v) is 16.6. The summed E-state index contributed by atoms with van der Waals surface area (Å²) in [5, 5.41) is 9.95. The summed E-state index contributed by atoms with van der Waals surface area (Å²) in [6, 6.07) is 11.1. The zero-order valence-electron chi connectivity index (χ0n) is 26.1. The van der Waals surface area contributed by atoms with E-state index in [1.807, 2.05) is 47.1 Å². The number of nitrogens with zero attached hydrogens (tertiary/aromatic N) is 4. The van der Waals surface area contributed by atoms with Crippen molar-refractivity contribution in [2.75, 3.05) is 63.4 Å². The first-order valence-electron chi connectivity index (χ1n) is 16.3. The Morgan fingerprint density at radius 3 is 2.40 bits per heavy atom. The maximum Gasteiger partial charge on any atom is 0.322 e. The second kappa shape index (κ2) is 13.8. The molecule has 0 aromatic heterocycles. The predicted octanol–water partition coefficient (Wildman–Crippen LogP) is 3.26. The first kappa shape index (κ1) is 31.4. The van der Waals surface area contributed by atoms with Crippen LogP contribution < -0.4 is 21.7 Å². The minimum atomic E-state index is -0.732. The van der Waals surface area contributed by atoms with Gasteiger partial charge in [-0.15, -0.1) is 0 Å². The molecule has 0 unspecified atom stereocenters. The molecule has 4 aliphatic heterocycles. The number of nitrogens with two attached hydrogens (primary N) is 1. The van der Waals surface area contributed by atoms with E-state index in [1.54, 1.807) is 11.0 Å². The van der Waals surface area contributed by atoms with Crippen LogP contribution in [0, 0.1) is 6.92 Å². The lowest BCUT2D eigenvalue weighted by Gasteiger charge is -2.42. The van der Waals surface area contributed by atoms with Crippen LogP contribution in [0.3, 0.4) is 0 Å². The lowest BCUT2D eigenvalue weighted by atomic mass is 10.00. The van der Waals surface area contributed by atoms with Crippen molar-refractivity contribution in [3.8, 4) is 0 Å². The van der Waals surface area contributed by atoms with Gasteiger partial charge in [-0.05, 0) is 74.5 Å². The van der Waals surface area contributed by atoms with Crippen molar-refractivity contribution in [2.24, 2.45) is 0 Å². The third kappa shape index (κ3) is 7.15. The van der Waals surface area contributed by atoms with Gasteiger partial charge in [0.05, 0.1) is 10.7 Å². The standard InChI is InChI=1S/C33H45ClN8O3/c1-22-18-23(19-27(34)30(22)35)20-29(31(43)40-16-14-39(15-17-40)25-6-10-36-11-7-25)38-32(44)41-12-8-26(9-13-41)42-21-24-4-2-3-5-28(24)37-33(42)45/h2-5,18-19,25-26,29,36H,6-17,20-21,35H2,1H3,(H,37,45)(H,38,44)/t29-/m1/s1. The molecule has 2 aromatic carbocycles. The summed E-state index contributed by atoms with van der Waals surface area (Å²) < 4.78 is 0. The molecule has 11 nitrogen and oxygen atoms in total. The van der Waals surface area contributed by atoms with Gasteiger partial charge in [0.2, 0.25) is 5.91 Å². The van der Waals surface area contributed by atoms with Crippen LogP contribution in [0.4, 0.5) is 21.0 Å². The highest BCUT2D eigenvalue weighted by atomic mass is 35.5. The number of para-hydroxylation sites is 1. The molecule has 4 heterocycles. The second-order valence-electron chi connectivity index (χ2n) is 12.8. The van der Waals surface area contributed by atoms with E-state index in [0.29, 0.717) is 68.7 Å². The fourth-order valence-electron chi connectivity index (χ4n) is 7.22. The van der Waals surface area contributed by atoms with Gasteiger partial charge in [-0.25, -0.2) is 9.59 Å². The Bertz CT molecular complexity index is 1380. The van der Waals surface area contributed by atoms with Gasteiger partial charge in [-0.2, -0.15) is 0 Å². The van der Waals surface area contributed by atoms with Crippen LogP contribution in [0.5, 0.6) is 0 Å². The van der Waals surface area contributed by atoms with E-state index in [9.17, 15) is 14.4 Å². The lowest BCUT2D eigenvalue weighted by Crippen LogP contribution is -2.59. The number of carbonyl (C=O) groups excluding carboxylic acids is 3. The average molecular weight is 637 g/mol. The average Bonchev–Trinajstić information content (AvgIpc) is 3.06.